The fourth-order valence-electron chi connectivity index (χ4n) is 4.44. The third kappa shape index (κ3) is 4.12. The van der Waals surface area contributed by atoms with Gasteiger partial charge in [0.05, 0.1) is 29.1 Å². The Morgan fingerprint density at radius 2 is 1.56 bits per heavy atom. The van der Waals surface area contributed by atoms with Crippen molar-refractivity contribution in [2.75, 3.05) is 39.4 Å². The number of hydrogen-bond donors (Lipinski definition) is 0. The Labute approximate surface area is 203 Å². The first kappa shape index (κ1) is 23.3. The largest absolute Gasteiger partial charge is 0.449 e. The average Bonchev–Trinajstić information content (AvgIpc) is 2.88. The van der Waals surface area contributed by atoms with Gasteiger partial charge in [-0.2, -0.15) is 0 Å². The van der Waals surface area contributed by atoms with E-state index in [0.717, 1.165) is 31.3 Å². The fraction of sp³-hybridized carbons (Fsp3) is 0.250. The maximum atomic E-state index is 13.3. The highest BCUT2D eigenvalue weighted by molar-refractivity contribution is 6.26. The summed E-state index contributed by atoms with van der Waals surface area (Å²) in [7, 11) is 0. The first-order chi connectivity index (χ1) is 17.3. The number of imide groups is 1. The number of hydrogen-bond acceptors (Lipinski definition) is 9. The molecule has 3 aromatic rings. The molecule has 0 saturated carbocycles. The van der Waals surface area contributed by atoms with Gasteiger partial charge in [0.15, 0.2) is 0 Å². The maximum Gasteiger partial charge on any atom is 0.318 e. The van der Waals surface area contributed by atoms with Crippen LogP contribution >= 0.6 is 0 Å². The number of benzene rings is 3. The molecular weight excluding hydrogens is 472 g/mol. The van der Waals surface area contributed by atoms with Crippen molar-refractivity contribution in [3.63, 3.8) is 0 Å². The van der Waals surface area contributed by atoms with Crippen molar-refractivity contribution < 1.29 is 28.9 Å². The Balaban J connectivity index is 1.49. The fourth-order valence-corrected chi connectivity index (χ4v) is 4.44. The van der Waals surface area contributed by atoms with E-state index >= 15 is 0 Å². The van der Waals surface area contributed by atoms with Gasteiger partial charge in [0.25, 0.3) is 17.5 Å². The minimum atomic E-state index is -0.771. The standard InChI is InChI=1S/C24H20N4O8/c29-23-17-3-1-2-16-20(36-21-6-4-15(27(31)32)14-19(21)28(33)34)7-5-18(22(16)17)24(30)26(23)9-8-25-10-12-35-13-11-25/h1-7,14H,8-13H2. The van der Waals surface area contributed by atoms with Gasteiger partial charge in [-0.15, -0.1) is 0 Å². The lowest BCUT2D eigenvalue weighted by Gasteiger charge is -2.31. The second kappa shape index (κ2) is 9.32. The summed E-state index contributed by atoms with van der Waals surface area (Å²) >= 11 is 0. The summed E-state index contributed by atoms with van der Waals surface area (Å²) < 4.78 is 11.1. The normalized spacial score (nSPS) is 15.8. The molecule has 0 radical (unpaired) electrons. The molecular formula is C24H20N4O8. The van der Waals surface area contributed by atoms with Crippen molar-refractivity contribution in [1.29, 1.82) is 0 Å². The molecule has 0 aliphatic carbocycles. The summed E-state index contributed by atoms with van der Waals surface area (Å²) in [5.74, 6) is -0.878. The number of carbonyl (C=O) groups excluding carboxylic acids is 2. The summed E-state index contributed by atoms with van der Waals surface area (Å²) in [6, 6.07) is 11.0. The van der Waals surface area contributed by atoms with Gasteiger partial charge in [0.1, 0.15) is 5.75 Å². The molecule has 0 aromatic heterocycles. The molecule has 0 bridgehead atoms. The Kier molecular flexibility index (Phi) is 6.04. The first-order valence-corrected chi connectivity index (χ1v) is 11.2. The second-order valence-electron chi connectivity index (χ2n) is 8.32. The average molecular weight is 492 g/mol. The SMILES string of the molecule is O=C1c2cccc3c(Oc4ccc([N+](=O)[O-])cc4[N+](=O)[O-])ccc(c23)C(=O)N1CCN1CCOCC1. The van der Waals surface area contributed by atoms with Crippen molar-refractivity contribution >= 4 is 34.0 Å². The lowest BCUT2D eigenvalue weighted by atomic mass is 9.93. The minimum Gasteiger partial charge on any atom is -0.449 e. The third-order valence-corrected chi connectivity index (χ3v) is 6.27. The molecule has 12 heteroatoms. The van der Waals surface area contributed by atoms with Crippen LogP contribution in [0, 0.1) is 20.2 Å². The van der Waals surface area contributed by atoms with Crippen molar-refractivity contribution in [3.05, 3.63) is 79.9 Å². The van der Waals surface area contributed by atoms with Crippen LogP contribution < -0.4 is 4.74 Å². The van der Waals surface area contributed by atoms with E-state index < -0.39 is 33.0 Å². The zero-order valence-electron chi connectivity index (χ0n) is 18.9. The Bertz CT molecular complexity index is 1390. The van der Waals surface area contributed by atoms with Gasteiger partial charge in [-0.25, -0.2) is 0 Å². The van der Waals surface area contributed by atoms with E-state index in [1.54, 1.807) is 18.2 Å². The number of ether oxygens (including phenoxy) is 2. The maximum absolute atomic E-state index is 13.3. The van der Waals surface area contributed by atoms with Crippen LogP contribution in [0.15, 0.2) is 48.5 Å². The van der Waals surface area contributed by atoms with Gasteiger partial charge in [-0.3, -0.25) is 39.6 Å². The molecule has 5 rings (SSSR count). The Morgan fingerprint density at radius 1 is 0.861 bits per heavy atom. The van der Waals surface area contributed by atoms with E-state index in [2.05, 4.69) is 4.90 Å². The molecule has 3 aromatic carbocycles. The lowest BCUT2D eigenvalue weighted by molar-refractivity contribution is -0.394. The van der Waals surface area contributed by atoms with Crippen LogP contribution in [-0.4, -0.2) is 70.9 Å². The second-order valence-corrected chi connectivity index (χ2v) is 8.32. The van der Waals surface area contributed by atoms with E-state index in [1.165, 1.54) is 17.0 Å². The minimum absolute atomic E-state index is 0.176. The number of carbonyl (C=O) groups is 2. The van der Waals surface area contributed by atoms with Gasteiger partial charge >= 0.3 is 5.69 Å². The van der Waals surface area contributed by atoms with E-state index in [9.17, 15) is 29.8 Å². The van der Waals surface area contributed by atoms with Gasteiger partial charge in [0.2, 0.25) is 5.75 Å². The van der Waals surface area contributed by atoms with Gasteiger partial charge in [0, 0.05) is 54.1 Å². The van der Waals surface area contributed by atoms with Crippen LogP contribution in [0.25, 0.3) is 10.8 Å². The van der Waals surface area contributed by atoms with Crippen molar-refractivity contribution in [2.45, 2.75) is 0 Å². The molecule has 0 atom stereocenters. The molecule has 1 fully saturated rings. The molecule has 0 N–H and O–H groups in total. The number of amides is 2. The Hall–Kier alpha value is -4.42. The van der Waals surface area contributed by atoms with Crippen molar-refractivity contribution in [1.82, 2.24) is 9.80 Å². The molecule has 0 spiro atoms. The molecule has 1 saturated heterocycles. The van der Waals surface area contributed by atoms with E-state index in [0.29, 0.717) is 41.7 Å². The third-order valence-electron chi connectivity index (χ3n) is 6.27. The van der Waals surface area contributed by atoms with Crippen LogP contribution in [0.4, 0.5) is 11.4 Å². The summed E-state index contributed by atoms with van der Waals surface area (Å²) in [6.45, 7) is 3.47. The zero-order chi connectivity index (χ0) is 25.4. The van der Waals surface area contributed by atoms with Crippen LogP contribution in [0.1, 0.15) is 20.7 Å². The zero-order valence-corrected chi connectivity index (χ0v) is 18.9. The van der Waals surface area contributed by atoms with Gasteiger partial charge < -0.3 is 9.47 Å². The van der Waals surface area contributed by atoms with Crippen LogP contribution in [0.2, 0.25) is 0 Å². The highest BCUT2D eigenvalue weighted by atomic mass is 16.6. The predicted molar refractivity (Wildman–Crippen MR) is 126 cm³/mol. The van der Waals surface area contributed by atoms with Crippen molar-refractivity contribution in [3.8, 4) is 11.5 Å². The number of nitrogens with zero attached hydrogens (tertiary/aromatic N) is 4. The number of nitro groups is 2. The number of morpholine rings is 1. The molecule has 2 aliphatic rings. The molecule has 2 heterocycles. The van der Waals surface area contributed by atoms with Gasteiger partial charge in [-0.05, 0) is 24.3 Å². The van der Waals surface area contributed by atoms with Crippen LogP contribution in [0.3, 0.4) is 0 Å². The van der Waals surface area contributed by atoms with Crippen LogP contribution in [0.5, 0.6) is 11.5 Å². The summed E-state index contributed by atoms with van der Waals surface area (Å²) in [4.78, 5) is 50.9. The topological polar surface area (TPSA) is 145 Å². The molecule has 36 heavy (non-hydrogen) atoms. The highest BCUT2D eigenvalue weighted by Gasteiger charge is 2.34. The monoisotopic (exact) mass is 492 g/mol. The predicted octanol–water partition coefficient (Wildman–Crippen LogP) is 3.38. The summed E-state index contributed by atoms with van der Waals surface area (Å²) in [5, 5.41) is 23.4. The van der Waals surface area contributed by atoms with E-state index in [-0.39, 0.29) is 18.0 Å². The van der Waals surface area contributed by atoms with Crippen LogP contribution in [-0.2, 0) is 4.74 Å². The quantitative estimate of drug-likeness (QED) is 0.275. The summed E-state index contributed by atoms with van der Waals surface area (Å²) in [6.07, 6.45) is 0. The van der Waals surface area contributed by atoms with E-state index in [4.69, 9.17) is 9.47 Å². The first-order valence-electron chi connectivity index (χ1n) is 11.2. The molecule has 2 amide bonds. The number of rotatable bonds is 7. The Morgan fingerprint density at radius 3 is 2.25 bits per heavy atom. The number of nitro benzene ring substituents is 2. The molecule has 0 unspecified atom stereocenters. The molecule has 184 valence electrons. The smallest absolute Gasteiger partial charge is 0.318 e. The summed E-state index contributed by atoms with van der Waals surface area (Å²) in [5.41, 5.74) is -0.370. The molecule has 12 nitrogen and oxygen atoms in total. The highest BCUT2D eigenvalue weighted by Crippen LogP contribution is 2.40. The van der Waals surface area contributed by atoms with E-state index in [1.807, 2.05) is 0 Å². The number of non-ortho nitro benzene ring substituents is 1. The lowest BCUT2D eigenvalue weighted by Crippen LogP contribution is -2.46. The molecule has 2 aliphatic heterocycles. The van der Waals surface area contributed by atoms with Crippen molar-refractivity contribution in [2.24, 2.45) is 0 Å². The van der Waals surface area contributed by atoms with Gasteiger partial charge in [-0.1, -0.05) is 12.1 Å².